The normalized spacial score (nSPS) is 23.0. The number of ether oxygens (including phenoxy) is 2. The van der Waals surface area contributed by atoms with Crippen molar-refractivity contribution >= 4 is 18.7 Å². The Morgan fingerprint density at radius 1 is 0.867 bits per heavy atom. The van der Waals surface area contributed by atoms with Crippen LogP contribution in [0.1, 0.15) is 41.0 Å². The van der Waals surface area contributed by atoms with Crippen LogP contribution in [-0.4, -0.2) is 33.4 Å². The van der Waals surface area contributed by atoms with Gasteiger partial charge in [0.2, 0.25) is 0 Å². The molecule has 1 heterocycles. The third kappa shape index (κ3) is 3.71. The summed E-state index contributed by atoms with van der Waals surface area (Å²) in [5, 5.41) is 2.57. The monoisotopic (exact) mass is 422 g/mol. The molecule has 1 spiro atoms. The number of hydrogen-bond donors (Lipinski definition) is 0. The van der Waals surface area contributed by atoms with Gasteiger partial charge in [0.1, 0.15) is 0 Å². The molecule has 2 aliphatic rings. The van der Waals surface area contributed by atoms with Crippen molar-refractivity contribution in [3.05, 3.63) is 72.8 Å². The fourth-order valence-corrected chi connectivity index (χ4v) is 9.83. The average Bonchev–Trinajstić information content (AvgIpc) is 3.15. The molecule has 1 atom stereocenters. The standard InChI is InChI=1S/C26H34O3Si/c1-24(2,3)30(21-12-8-6-9-13-21,22-14-10-7-11-15-22)29-23-16-17-26(20-25(23,4)5)27-18-19-28-26/h6-17,23H,18-20H2,1-5H3/t23-/m0/s1. The van der Waals surface area contributed by atoms with Gasteiger partial charge in [0.05, 0.1) is 19.3 Å². The van der Waals surface area contributed by atoms with Gasteiger partial charge < -0.3 is 13.9 Å². The zero-order valence-corrected chi connectivity index (χ0v) is 19.9. The first-order valence-corrected chi connectivity index (χ1v) is 12.9. The first-order valence-electron chi connectivity index (χ1n) is 10.9. The highest BCUT2D eigenvalue weighted by molar-refractivity contribution is 6.99. The molecule has 4 rings (SSSR count). The van der Waals surface area contributed by atoms with Crippen LogP contribution in [-0.2, 0) is 13.9 Å². The molecule has 1 fully saturated rings. The highest BCUT2D eigenvalue weighted by Gasteiger charge is 2.55. The summed E-state index contributed by atoms with van der Waals surface area (Å²) in [7, 11) is -2.61. The molecule has 0 bridgehead atoms. The summed E-state index contributed by atoms with van der Waals surface area (Å²) in [6, 6.07) is 21.7. The summed E-state index contributed by atoms with van der Waals surface area (Å²) in [5.74, 6) is -0.588. The van der Waals surface area contributed by atoms with E-state index >= 15 is 0 Å². The van der Waals surface area contributed by atoms with Crippen molar-refractivity contribution in [2.75, 3.05) is 13.2 Å². The van der Waals surface area contributed by atoms with Crippen molar-refractivity contribution < 1.29 is 13.9 Å². The maximum absolute atomic E-state index is 7.37. The fraction of sp³-hybridized carbons (Fsp3) is 0.462. The van der Waals surface area contributed by atoms with Crippen LogP contribution in [0, 0.1) is 5.41 Å². The predicted molar refractivity (Wildman–Crippen MR) is 125 cm³/mol. The van der Waals surface area contributed by atoms with Gasteiger partial charge in [-0.1, -0.05) is 101 Å². The second-order valence-electron chi connectivity index (χ2n) is 10.2. The molecule has 1 saturated heterocycles. The van der Waals surface area contributed by atoms with E-state index in [9.17, 15) is 0 Å². The molecule has 3 nitrogen and oxygen atoms in total. The van der Waals surface area contributed by atoms with Gasteiger partial charge in [-0.15, -0.1) is 0 Å². The molecule has 0 aromatic heterocycles. The van der Waals surface area contributed by atoms with Crippen LogP contribution in [0.3, 0.4) is 0 Å². The van der Waals surface area contributed by atoms with Crippen molar-refractivity contribution in [3.63, 3.8) is 0 Å². The zero-order chi connectivity index (χ0) is 21.5. The molecular formula is C26H34O3Si. The second-order valence-corrected chi connectivity index (χ2v) is 14.5. The highest BCUT2D eigenvalue weighted by atomic mass is 28.4. The molecule has 0 radical (unpaired) electrons. The van der Waals surface area contributed by atoms with Gasteiger partial charge in [0, 0.05) is 6.42 Å². The topological polar surface area (TPSA) is 27.7 Å². The minimum Gasteiger partial charge on any atom is -0.401 e. The van der Waals surface area contributed by atoms with Gasteiger partial charge >= 0.3 is 0 Å². The maximum atomic E-state index is 7.37. The number of benzene rings is 2. The summed E-state index contributed by atoms with van der Waals surface area (Å²) in [6.45, 7) is 12.8. The van der Waals surface area contributed by atoms with Crippen molar-refractivity contribution in [2.24, 2.45) is 5.41 Å². The first-order chi connectivity index (χ1) is 14.2. The van der Waals surface area contributed by atoms with E-state index in [2.05, 4.69) is 107 Å². The minimum atomic E-state index is -2.61. The van der Waals surface area contributed by atoms with Gasteiger partial charge in [-0.3, -0.25) is 0 Å². The Labute approximate surface area is 182 Å². The van der Waals surface area contributed by atoms with Crippen LogP contribution in [0.25, 0.3) is 0 Å². The third-order valence-corrected chi connectivity index (χ3v) is 11.5. The van der Waals surface area contributed by atoms with E-state index in [1.165, 1.54) is 10.4 Å². The smallest absolute Gasteiger partial charge is 0.261 e. The van der Waals surface area contributed by atoms with E-state index in [4.69, 9.17) is 13.9 Å². The van der Waals surface area contributed by atoms with Gasteiger partial charge in [-0.05, 0) is 26.9 Å². The zero-order valence-electron chi connectivity index (χ0n) is 18.9. The largest absolute Gasteiger partial charge is 0.401 e. The molecule has 0 saturated carbocycles. The highest BCUT2D eigenvalue weighted by Crippen LogP contribution is 2.46. The summed E-state index contributed by atoms with van der Waals surface area (Å²) in [5.41, 5.74) is -0.119. The van der Waals surface area contributed by atoms with E-state index in [-0.39, 0.29) is 16.6 Å². The van der Waals surface area contributed by atoms with Crippen molar-refractivity contribution in [1.82, 2.24) is 0 Å². The fourth-order valence-electron chi connectivity index (χ4n) is 5.04. The van der Waals surface area contributed by atoms with Crippen LogP contribution in [0.4, 0.5) is 0 Å². The summed E-state index contributed by atoms with van der Waals surface area (Å²) < 4.78 is 19.3. The van der Waals surface area contributed by atoms with Crippen LogP contribution < -0.4 is 10.4 Å². The number of rotatable bonds is 4. The van der Waals surface area contributed by atoms with E-state index < -0.39 is 14.1 Å². The van der Waals surface area contributed by atoms with Gasteiger partial charge in [-0.25, -0.2) is 0 Å². The Balaban J connectivity index is 1.83. The van der Waals surface area contributed by atoms with Crippen molar-refractivity contribution in [3.8, 4) is 0 Å². The van der Waals surface area contributed by atoms with Gasteiger partial charge in [0.15, 0.2) is 5.79 Å². The molecular weight excluding hydrogens is 388 g/mol. The average molecular weight is 423 g/mol. The lowest BCUT2D eigenvalue weighted by Crippen LogP contribution is -2.68. The molecule has 1 aliphatic heterocycles. The lowest BCUT2D eigenvalue weighted by molar-refractivity contribution is -0.155. The maximum Gasteiger partial charge on any atom is 0.261 e. The Bertz CT molecular complexity index is 838. The lowest BCUT2D eigenvalue weighted by Gasteiger charge is -2.50. The Kier molecular flexibility index (Phi) is 5.56. The first kappa shape index (κ1) is 21.5. The van der Waals surface area contributed by atoms with Gasteiger partial charge in [0.25, 0.3) is 8.32 Å². The molecule has 2 aromatic rings. The van der Waals surface area contributed by atoms with Crippen LogP contribution in [0.2, 0.25) is 5.04 Å². The van der Waals surface area contributed by atoms with Gasteiger partial charge in [-0.2, -0.15) is 0 Å². The van der Waals surface area contributed by atoms with Crippen LogP contribution >= 0.6 is 0 Å². The molecule has 2 aromatic carbocycles. The Hall–Kier alpha value is -1.72. The second kappa shape index (κ2) is 7.76. The van der Waals surface area contributed by atoms with Crippen LogP contribution in [0.15, 0.2) is 72.8 Å². The lowest BCUT2D eigenvalue weighted by atomic mass is 9.76. The Morgan fingerprint density at radius 2 is 1.37 bits per heavy atom. The van der Waals surface area contributed by atoms with Crippen molar-refractivity contribution in [2.45, 2.75) is 58.0 Å². The molecule has 1 aliphatic carbocycles. The third-order valence-electron chi connectivity index (χ3n) is 6.49. The van der Waals surface area contributed by atoms with Crippen LogP contribution in [0.5, 0.6) is 0 Å². The van der Waals surface area contributed by atoms with E-state index in [0.717, 1.165) is 6.42 Å². The van der Waals surface area contributed by atoms with E-state index in [1.807, 2.05) is 0 Å². The number of hydrogen-bond acceptors (Lipinski definition) is 3. The molecule has 4 heteroatoms. The summed E-state index contributed by atoms with van der Waals surface area (Å²) >= 11 is 0. The molecule has 30 heavy (non-hydrogen) atoms. The van der Waals surface area contributed by atoms with E-state index in [0.29, 0.717) is 13.2 Å². The molecule has 160 valence electrons. The minimum absolute atomic E-state index is 0.0257. The summed E-state index contributed by atoms with van der Waals surface area (Å²) in [4.78, 5) is 0. The Morgan fingerprint density at radius 3 is 1.80 bits per heavy atom. The predicted octanol–water partition coefficient (Wildman–Crippen LogP) is 4.66. The molecule has 0 N–H and O–H groups in total. The molecule has 0 amide bonds. The molecule has 0 unspecified atom stereocenters. The summed E-state index contributed by atoms with van der Waals surface area (Å²) in [6.07, 6.45) is 5.05. The quantitative estimate of drug-likeness (QED) is 0.530. The van der Waals surface area contributed by atoms with Crippen molar-refractivity contribution in [1.29, 1.82) is 0 Å². The van der Waals surface area contributed by atoms with E-state index in [1.54, 1.807) is 0 Å². The SMILES string of the molecule is CC1(C)CC2(C=C[C@@H]1O[Si](c1ccccc1)(c1ccccc1)C(C)(C)C)OCCO2.